The molecule has 1 fully saturated rings. The zero-order valence-electron chi connectivity index (χ0n) is 33.5. The third kappa shape index (κ3) is 16.8. The second-order valence-corrected chi connectivity index (χ2v) is 19.7. The number of aromatic nitrogens is 4. The van der Waals surface area contributed by atoms with Gasteiger partial charge in [0.05, 0.1) is 25.6 Å². The van der Waals surface area contributed by atoms with Crippen molar-refractivity contribution in [2.24, 2.45) is 11.1 Å². The van der Waals surface area contributed by atoms with E-state index in [1.54, 1.807) is 6.92 Å². The normalized spacial score (nSPS) is 21.7. The maximum Gasteiger partial charge on any atom is 0.481 e. The number of phosphoric acid groups is 3. The van der Waals surface area contributed by atoms with E-state index in [1.165, 1.54) is 13.8 Å². The van der Waals surface area contributed by atoms with E-state index in [0.717, 1.165) is 29.0 Å². The third-order valence-corrected chi connectivity index (χ3v) is 13.0. The molecule has 0 aromatic carbocycles. The molecule has 2 aromatic heterocycles. The van der Waals surface area contributed by atoms with Crippen molar-refractivity contribution < 1.29 is 90.4 Å². The first-order valence-corrected chi connectivity index (χ1v) is 24.0. The summed E-state index contributed by atoms with van der Waals surface area (Å²) in [6.07, 6.45) is -5.54. The van der Waals surface area contributed by atoms with Gasteiger partial charge in [0.15, 0.2) is 17.7 Å². The molecule has 0 radical (unpaired) electrons. The van der Waals surface area contributed by atoms with Crippen LogP contribution in [0.4, 0.5) is 5.82 Å². The molecule has 2 amide bonds. The second kappa shape index (κ2) is 23.2. The molecule has 62 heavy (non-hydrogen) atoms. The summed E-state index contributed by atoms with van der Waals surface area (Å²) >= 11 is 0.991. The van der Waals surface area contributed by atoms with E-state index < -0.39 is 103 Å². The number of imidazole rings is 1. The monoisotopic (exact) mass is 967 g/mol. The van der Waals surface area contributed by atoms with Crippen molar-refractivity contribution in [3.63, 3.8) is 0 Å². The minimum absolute atomic E-state index is 0.0203. The second-order valence-electron chi connectivity index (χ2n) is 14.4. The van der Waals surface area contributed by atoms with Crippen LogP contribution in [0.3, 0.4) is 0 Å². The van der Waals surface area contributed by atoms with E-state index in [1.807, 2.05) is 0 Å². The van der Waals surface area contributed by atoms with Gasteiger partial charge in [0.1, 0.15) is 42.3 Å². The van der Waals surface area contributed by atoms with E-state index in [-0.39, 0.29) is 47.4 Å². The van der Waals surface area contributed by atoms with Gasteiger partial charge >= 0.3 is 29.4 Å². The first-order chi connectivity index (χ1) is 28.7. The number of aliphatic hydroxyl groups is 2. The predicted octanol–water partition coefficient (Wildman–Crippen LogP) is -1.77. The van der Waals surface area contributed by atoms with Crippen LogP contribution in [0.25, 0.3) is 11.2 Å². The summed E-state index contributed by atoms with van der Waals surface area (Å²) in [4.78, 5) is 98.9. The number of carbonyl (C=O) groups is 4. The van der Waals surface area contributed by atoms with Gasteiger partial charge in [0.25, 0.3) is 0 Å². The number of nitrogens with zero attached hydrogens (tertiary/aromatic N) is 4. The van der Waals surface area contributed by atoms with Gasteiger partial charge in [-0.3, -0.25) is 37.3 Å². The number of nitrogens with two attached hydrogens (primary N) is 2. The highest BCUT2D eigenvalue weighted by atomic mass is 32.2. The van der Waals surface area contributed by atoms with E-state index in [2.05, 4.69) is 39.7 Å². The molecule has 3 heterocycles. The van der Waals surface area contributed by atoms with Crippen molar-refractivity contribution in [1.82, 2.24) is 35.5 Å². The molecule has 0 aliphatic carbocycles. The van der Waals surface area contributed by atoms with Gasteiger partial charge in [0, 0.05) is 30.7 Å². The van der Waals surface area contributed by atoms with Crippen molar-refractivity contribution in [3.8, 4) is 0 Å². The van der Waals surface area contributed by atoms with Crippen LogP contribution in [0.2, 0.25) is 0 Å². The molecular formula is C30H52N9O19P3S. The molecule has 14 N–H and O–H groups in total. The Morgan fingerprint density at radius 1 is 1.02 bits per heavy atom. The molecule has 1 aliphatic heterocycles. The van der Waals surface area contributed by atoms with Gasteiger partial charge < -0.3 is 67.0 Å². The predicted molar refractivity (Wildman–Crippen MR) is 214 cm³/mol. The Labute approximate surface area is 357 Å². The molecule has 3 rings (SSSR count). The molecule has 28 nitrogen and oxygen atoms in total. The molecule has 1 aliphatic rings. The molecule has 2 aromatic rings. The lowest BCUT2D eigenvalue weighted by atomic mass is 9.87. The van der Waals surface area contributed by atoms with Crippen molar-refractivity contribution >= 4 is 75.1 Å². The Morgan fingerprint density at radius 3 is 2.35 bits per heavy atom. The number of unbranched alkanes of at least 4 members (excludes halogenated alkanes) is 1. The number of rotatable bonds is 27. The average Bonchev–Trinajstić information content (AvgIpc) is 3.73. The smallest absolute Gasteiger partial charge is 0.480 e. The summed E-state index contributed by atoms with van der Waals surface area (Å²) in [6.45, 7) is 2.46. The number of hydrogen-bond acceptors (Lipinski definition) is 21. The molecule has 32 heteroatoms. The number of anilines is 1. The number of aliphatic carboxylic acids is 1. The summed E-state index contributed by atoms with van der Waals surface area (Å²) in [6, 6.07) is -1.42. The standard InChI is InChI=1S/C30H52N9O19P3S/c1-16(33-8-5-4-6-17(31)28(44)45)29(46)62-11-10-34-19(40)7-9-35-26(43)23(42)30(2,3)13-55-61(52,53)58-60(50,51)54-12-18-22(57-59(47,48)49)21(41)27(56-18)39-15-38-20-24(32)36-14-37-25(20)39/h14-18,21-23,27,33,41-42H,4-13,31H2,1-3H3,(H,34,40)(H,35,43)(H,44,45)(H,50,51)(H,52,53)(H2,32,36,37)(H2,47,48,49). The number of carbonyl (C=O) groups excluding carboxylic acids is 3. The van der Waals surface area contributed by atoms with E-state index >= 15 is 0 Å². The highest BCUT2D eigenvalue weighted by Crippen LogP contribution is 2.61. The lowest BCUT2D eigenvalue weighted by Crippen LogP contribution is -2.46. The van der Waals surface area contributed by atoms with Crippen LogP contribution in [0, 0.1) is 5.41 Å². The molecule has 0 saturated carbocycles. The number of thioether (sulfide) groups is 1. The van der Waals surface area contributed by atoms with Crippen LogP contribution in [-0.4, -0.2) is 152 Å². The molecule has 0 spiro atoms. The van der Waals surface area contributed by atoms with Crippen LogP contribution >= 0.6 is 35.2 Å². The maximum atomic E-state index is 12.7. The number of phosphoric ester groups is 3. The Hall–Kier alpha value is -3.05. The first kappa shape index (κ1) is 53.3. The van der Waals surface area contributed by atoms with Crippen LogP contribution in [0.5, 0.6) is 0 Å². The van der Waals surface area contributed by atoms with Gasteiger partial charge in [0.2, 0.25) is 16.9 Å². The van der Waals surface area contributed by atoms with E-state index in [0.29, 0.717) is 25.8 Å². The highest BCUT2D eigenvalue weighted by molar-refractivity contribution is 8.13. The fraction of sp³-hybridized carbons (Fsp3) is 0.700. The van der Waals surface area contributed by atoms with Crippen LogP contribution < -0.4 is 27.4 Å². The number of carboxylic acids is 1. The number of nitrogen functional groups attached to an aromatic ring is 1. The zero-order valence-corrected chi connectivity index (χ0v) is 37.0. The summed E-state index contributed by atoms with van der Waals surface area (Å²) in [5.74, 6) is -2.36. The topological polar surface area (TPSA) is 439 Å². The number of amides is 2. The fourth-order valence-electron chi connectivity index (χ4n) is 5.42. The van der Waals surface area contributed by atoms with Crippen molar-refractivity contribution in [1.29, 1.82) is 0 Å². The number of ether oxygens (including phenoxy) is 1. The van der Waals surface area contributed by atoms with Crippen LogP contribution in [0.1, 0.15) is 52.7 Å². The minimum Gasteiger partial charge on any atom is -0.480 e. The van der Waals surface area contributed by atoms with Crippen molar-refractivity contribution in [2.45, 2.75) is 89.2 Å². The highest BCUT2D eigenvalue weighted by Gasteiger charge is 2.50. The van der Waals surface area contributed by atoms with Gasteiger partial charge in [-0.25, -0.2) is 28.6 Å². The van der Waals surface area contributed by atoms with Crippen LogP contribution in [0.15, 0.2) is 12.7 Å². The first-order valence-electron chi connectivity index (χ1n) is 18.5. The lowest BCUT2D eigenvalue weighted by molar-refractivity contribution is -0.139. The summed E-state index contributed by atoms with van der Waals surface area (Å²) in [5.41, 5.74) is 9.67. The van der Waals surface area contributed by atoms with Crippen molar-refractivity contribution in [3.05, 3.63) is 12.7 Å². The number of nitrogens with one attached hydrogen (secondary N) is 3. The fourth-order valence-corrected chi connectivity index (χ4v) is 8.99. The van der Waals surface area contributed by atoms with Gasteiger partial charge in [-0.1, -0.05) is 32.0 Å². The molecule has 9 unspecified atom stereocenters. The summed E-state index contributed by atoms with van der Waals surface area (Å²) < 4.78 is 62.2. The third-order valence-electron chi connectivity index (χ3n) is 8.81. The van der Waals surface area contributed by atoms with E-state index in [4.69, 9.17) is 30.4 Å². The number of fused-ring (bicyclic) bond motifs is 1. The average molecular weight is 968 g/mol. The van der Waals surface area contributed by atoms with Gasteiger partial charge in [-0.05, 0) is 26.3 Å². The molecule has 9 atom stereocenters. The van der Waals surface area contributed by atoms with Crippen molar-refractivity contribution in [2.75, 3.05) is 44.3 Å². The largest absolute Gasteiger partial charge is 0.481 e. The number of hydrogen-bond donors (Lipinski definition) is 12. The summed E-state index contributed by atoms with van der Waals surface area (Å²) in [5, 5.41) is 38.1. The Morgan fingerprint density at radius 2 is 1.69 bits per heavy atom. The van der Waals surface area contributed by atoms with E-state index in [9.17, 15) is 62.7 Å². The lowest BCUT2D eigenvalue weighted by Gasteiger charge is -2.30. The SMILES string of the molecule is CC(NCCCCC(N)C(=O)O)C(=O)SCCNC(=O)CCNC(=O)C(O)C(C)(C)COP(=O)(O)OP(=O)(O)OCC1OC(n2cnc3c(N)ncnc32)C(O)C1OP(=O)(O)O. The Balaban J connectivity index is 1.40. The number of carboxylic acid groups (broad SMARTS) is 1. The minimum atomic E-state index is -5.59. The molecule has 0 bridgehead atoms. The molecule has 352 valence electrons. The van der Waals surface area contributed by atoms with Gasteiger partial charge in [-0.2, -0.15) is 4.31 Å². The zero-order chi connectivity index (χ0) is 46.6. The molecule has 1 saturated heterocycles. The maximum absolute atomic E-state index is 12.7. The number of aliphatic hydroxyl groups excluding tert-OH is 2. The Bertz CT molecular complexity index is 2010. The van der Waals surface area contributed by atoms with Gasteiger partial charge in [-0.15, -0.1) is 0 Å². The molecular weight excluding hydrogens is 915 g/mol. The van der Waals surface area contributed by atoms with Crippen LogP contribution in [-0.2, 0) is 55.5 Å². The summed E-state index contributed by atoms with van der Waals surface area (Å²) in [7, 11) is -16.5. The quantitative estimate of drug-likeness (QED) is 0.0348. The Kier molecular flexibility index (Phi) is 20.0.